The molecule has 2 heterocycles. The van der Waals surface area contributed by atoms with E-state index in [2.05, 4.69) is 16.8 Å². The van der Waals surface area contributed by atoms with Crippen molar-refractivity contribution in [2.24, 2.45) is 4.99 Å². The molecule has 0 saturated carbocycles. The van der Waals surface area contributed by atoms with Gasteiger partial charge in [0.2, 0.25) is 5.91 Å². The molecule has 1 saturated heterocycles. The zero-order chi connectivity index (χ0) is 22.7. The number of nitrogens with zero attached hydrogens (tertiary/aromatic N) is 4. The number of amidine groups is 1. The molecule has 0 spiro atoms. The highest BCUT2D eigenvalue weighted by atomic mass is 35.5. The molecule has 0 aromatic heterocycles. The van der Waals surface area contributed by atoms with E-state index in [1.54, 1.807) is 17.0 Å². The number of aliphatic imine (C=N–C) groups is 1. The molecule has 2 aromatic carbocycles. The fraction of sp³-hybridized carbons (Fsp3) is 0.375. The van der Waals surface area contributed by atoms with Gasteiger partial charge >= 0.3 is 5.97 Å². The number of hydrogen-bond acceptors (Lipinski definition) is 5. The molecule has 32 heavy (non-hydrogen) atoms. The Bertz CT molecular complexity index is 1050. The molecule has 4 rings (SSSR count). The summed E-state index contributed by atoms with van der Waals surface area (Å²) in [5.41, 5.74) is 3.04. The summed E-state index contributed by atoms with van der Waals surface area (Å²) in [5, 5.41) is 9.45. The maximum Gasteiger partial charge on any atom is 0.303 e. The van der Waals surface area contributed by atoms with E-state index in [1.807, 2.05) is 30.3 Å². The number of halogens is 1. The van der Waals surface area contributed by atoms with Gasteiger partial charge in [0.25, 0.3) is 0 Å². The first-order valence-corrected chi connectivity index (χ1v) is 11.3. The van der Waals surface area contributed by atoms with Crippen LogP contribution >= 0.6 is 11.6 Å². The van der Waals surface area contributed by atoms with E-state index < -0.39 is 5.97 Å². The van der Waals surface area contributed by atoms with Gasteiger partial charge in [-0.05, 0) is 50.2 Å². The van der Waals surface area contributed by atoms with Crippen molar-refractivity contribution < 1.29 is 14.7 Å². The maximum atomic E-state index is 13.4. The average molecular weight is 455 g/mol. The SMILES string of the molecule is CN1CCN(C2=Nc3cc(Cl)ccc3N(C(=O)CCCCC(=O)O)c3ccccc32)CC1. The smallest absolute Gasteiger partial charge is 0.303 e. The van der Waals surface area contributed by atoms with Crippen molar-refractivity contribution in [1.82, 2.24) is 9.80 Å². The molecule has 7 nitrogen and oxygen atoms in total. The molecular formula is C24H27ClN4O3. The molecule has 2 aromatic rings. The summed E-state index contributed by atoms with van der Waals surface area (Å²) in [6.07, 6.45) is 1.30. The molecule has 0 radical (unpaired) electrons. The molecular weight excluding hydrogens is 428 g/mol. The third kappa shape index (κ3) is 4.79. The summed E-state index contributed by atoms with van der Waals surface area (Å²) >= 11 is 6.30. The highest BCUT2D eigenvalue weighted by Gasteiger charge is 2.30. The standard InChI is InChI=1S/C24H27ClN4O3/c1-27-12-14-28(15-13-27)24-18-6-2-3-7-20(18)29(22(30)8-4-5-9-23(31)32)21-11-10-17(25)16-19(21)26-24/h2-3,6-7,10-11,16H,4-5,8-9,12-15H2,1H3,(H,31,32). The van der Waals surface area contributed by atoms with Crippen LogP contribution < -0.4 is 4.90 Å². The lowest BCUT2D eigenvalue weighted by Crippen LogP contribution is -2.47. The van der Waals surface area contributed by atoms with Crippen LogP contribution in [-0.4, -0.2) is 65.8 Å². The number of rotatable bonds is 5. The van der Waals surface area contributed by atoms with Crippen LogP contribution in [0.15, 0.2) is 47.5 Å². The van der Waals surface area contributed by atoms with E-state index >= 15 is 0 Å². The van der Waals surface area contributed by atoms with Crippen molar-refractivity contribution in [3.8, 4) is 0 Å². The second-order valence-corrected chi connectivity index (χ2v) is 8.64. The number of likely N-dealkylation sites (N-methyl/N-ethyl adjacent to an activating group) is 1. The van der Waals surface area contributed by atoms with Crippen molar-refractivity contribution in [2.75, 3.05) is 38.1 Å². The van der Waals surface area contributed by atoms with Crippen LogP contribution in [0, 0.1) is 0 Å². The number of aliphatic carboxylic acids is 1. The van der Waals surface area contributed by atoms with E-state index in [9.17, 15) is 9.59 Å². The minimum absolute atomic E-state index is 0.0622. The lowest BCUT2D eigenvalue weighted by Gasteiger charge is -2.35. The van der Waals surface area contributed by atoms with Gasteiger partial charge in [-0.25, -0.2) is 4.99 Å². The van der Waals surface area contributed by atoms with Crippen LogP contribution in [0.1, 0.15) is 31.2 Å². The van der Waals surface area contributed by atoms with Crippen molar-refractivity contribution in [3.63, 3.8) is 0 Å². The van der Waals surface area contributed by atoms with Crippen LogP contribution in [0.25, 0.3) is 0 Å². The highest BCUT2D eigenvalue weighted by Crippen LogP contribution is 2.42. The van der Waals surface area contributed by atoms with Crippen molar-refractivity contribution in [1.29, 1.82) is 0 Å². The second kappa shape index (κ2) is 9.71. The van der Waals surface area contributed by atoms with Crippen molar-refractivity contribution in [2.45, 2.75) is 25.7 Å². The number of para-hydroxylation sites is 1. The van der Waals surface area contributed by atoms with Gasteiger partial charge in [-0.1, -0.05) is 23.7 Å². The number of fused-ring (bicyclic) bond motifs is 2. The van der Waals surface area contributed by atoms with Crippen molar-refractivity contribution >= 4 is 46.4 Å². The van der Waals surface area contributed by atoms with Gasteiger partial charge in [-0.15, -0.1) is 0 Å². The first kappa shape index (κ1) is 22.3. The molecule has 2 aliphatic rings. The Hall–Kier alpha value is -2.90. The van der Waals surface area contributed by atoms with E-state index in [4.69, 9.17) is 21.7 Å². The van der Waals surface area contributed by atoms with Crippen LogP contribution in [0.2, 0.25) is 5.02 Å². The van der Waals surface area contributed by atoms with Crippen LogP contribution in [0.4, 0.5) is 17.1 Å². The normalized spacial score (nSPS) is 16.1. The first-order chi connectivity index (χ1) is 15.4. The number of piperazine rings is 1. The molecule has 0 bridgehead atoms. The van der Waals surface area contributed by atoms with Gasteiger partial charge in [0, 0.05) is 49.6 Å². The minimum Gasteiger partial charge on any atom is -0.481 e. The summed E-state index contributed by atoms with van der Waals surface area (Å²) in [5.74, 6) is -0.0811. The summed E-state index contributed by atoms with van der Waals surface area (Å²) in [7, 11) is 2.11. The van der Waals surface area contributed by atoms with E-state index in [0.29, 0.717) is 29.2 Å². The Morgan fingerprint density at radius 2 is 1.72 bits per heavy atom. The zero-order valence-corrected chi connectivity index (χ0v) is 18.9. The fourth-order valence-electron chi connectivity index (χ4n) is 4.13. The molecule has 168 valence electrons. The third-order valence-corrected chi connectivity index (χ3v) is 6.11. The van der Waals surface area contributed by atoms with E-state index in [0.717, 1.165) is 43.3 Å². The third-order valence-electron chi connectivity index (χ3n) is 5.87. The number of benzene rings is 2. The number of hydrogen-bond donors (Lipinski definition) is 1. The highest BCUT2D eigenvalue weighted by molar-refractivity contribution is 6.31. The Morgan fingerprint density at radius 1 is 1.00 bits per heavy atom. The largest absolute Gasteiger partial charge is 0.481 e. The Kier molecular flexibility index (Phi) is 6.77. The Balaban J connectivity index is 1.74. The van der Waals surface area contributed by atoms with Crippen LogP contribution in [0.3, 0.4) is 0 Å². The predicted molar refractivity (Wildman–Crippen MR) is 126 cm³/mol. The molecule has 0 atom stereocenters. The van der Waals surface area contributed by atoms with Gasteiger partial charge in [0.1, 0.15) is 5.84 Å². The van der Waals surface area contributed by atoms with Gasteiger partial charge in [0.05, 0.1) is 17.1 Å². The molecule has 8 heteroatoms. The van der Waals surface area contributed by atoms with Gasteiger partial charge in [0.15, 0.2) is 0 Å². The topological polar surface area (TPSA) is 76.5 Å². The number of carbonyl (C=O) groups excluding carboxylic acids is 1. The van der Waals surface area contributed by atoms with Gasteiger partial charge < -0.3 is 14.9 Å². The summed E-state index contributed by atoms with van der Waals surface area (Å²) in [4.78, 5) is 35.5. The minimum atomic E-state index is -0.845. The fourth-order valence-corrected chi connectivity index (χ4v) is 4.30. The van der Waals surface area contributed by atoms with E-state index in [1.165, 1.54) is 0 Å². The number of carboxylic acids is 1. The van der Waals surface area contributed by atoms with Crippen LogP contribution in [-0.2, 0) is 9.59 Å². The van der Waals surface area contributed by atoms with E-state index in [-0.39, 0.29) is 18.7 Å². The monoisotopic (exact) mass is 454 g/mol. The number of amides is 1. The van der Waals surface area contributed by atoms with Gasteiger partial charge in [-0.2, -0.15) is 0 Å². The quantitative estimate of drug-likeness (QED) is 0.682. The molecule has 0 unspecified atom stereocenters. The molecule has 2 aliphatic heterocycles. The average Bonchev–Trinajstić information content (AvgIpc) is 2.91. The predicted octanol–water partition coefficient (Wildman–Crippen LogP) is 4.29. The number of unbranched alkanes of at least 4 members (excludes halogenated alkanes) is 1. The summed E-state index contributed by atoms with van der Waals surface area (Å²) in [6, 6.07) is 13.2. The zero-order valence-electron chi connectivity index (χ0n) is 18.1. The second-order valence-electron chi connectivity index (χ2n) is 8.21. The summed E-state index contributed by atoms with van der Waals surface area (Å²) in [6.45, 7) is 3.58. The lowest BCUT2D eigenvalue weighted by molar-refractivity contribution is -0.137. The molecule has 1 fully saturated rings. The number of anilines is 2. The Labute approximate surface area is 192 Å². The molecule has 1 N–H and O–H groups in total. The Morgan fingerprint density at radius 3 is 2.47 bits per heavy atom. The number of carbonyl (C=O) groups is 2. The molecule has 1 amide bonds. The first-order valence-electron chi connectivity index (χ1n) is 10.9. The summed E-state index contributed by atoms with van der Waals surface area (Å²) < 4.78 is 0. The van der Waals surface area contributed by atoms with Crippen molar-refractivity contribution in [3.05, 3.63) is 53.1 Å². The number of carboxylic acid groups (broad SMARTS) is 1. The lowest BCUT2D eigenvalue weighted by atomic mass is 10.1. The maximum absolute atomic E-state index is 13.4. The van der Waals surface area contributed by atoms with Crippen LogP contribution in [0.5, 0.6) is 0 Å². The van der Waals surface area contributed by atoms with Gasteiger partial charge in [-0.3, -0.25) is 14.5 Å². The molecule has 0 aliphatic carbocycles.